The Morgan fingerprint density at radius 3 is 2.60 bits per heavy atom. The number of fused-ring (bicyclic) bond motifs is 4. The molecule has 4 heteroatoms. The minimum atomic E-state index is 0.206. The van der Waals surface area contributed by atoms with Crippen LogP contribution in [-0.4, -0.2) is 48.5 Å². The first-order chi connectivity index (χ1) is 12.0. The lowest BCUT2D eigenvalue weighted by molar-refractivity contribution is -0.140. The van der Waals surface area contributed by atoms with Crippen molar-refractivity contribution in [2.75, 3.05) is 26.7 Å². The minimum absolute atomic E-state index is 0.206. The Balaban J connectivity index is 1.50. The quantitative estimate of drug-likeness (QED) is 0.824. The molecule has 4 fully saturated rings. The number of nitrogens with zero attached hydrogens (tertiary/aromatic N) is 2. The summed E-state index contributed by atoms with van der Waals surface area (Å²) in [5, 5.41) is 0. The second kappa shape index (κ2) is 6.64. The Morgan fingerprint density at radius 1 is 1.08 bits per heavy atom. The molecule has 0 N–H and O–H groups in total. The molecule has 1 aliphatic carbocycles. The zero-order chi connectivity index (χ0) is 17.6. The Bertz CT molecular complexity index is 668. The Morgan fingerprint density at radius 2 is 1.88 bits per heavy atom. The largest absolute Gasteiger partial charge is 0.496 e. The summed E-state index contributed by atoms with van der Waals surface area (Å²) in [6.45, 7) is 8.16. The highest BCUT2D eigenvalue weighted by molar-refractivity contribution is 5.80. The highest BCUT2D eigenvalue weighted by atomic mass is 16.5. The maximum Gasteiger partial charge on any atom is 0.227 e. The molecule has 3 saturated heterocycles. The van der Waals surface area contributed by atoms with Crippen LogP contribution in [0.1, 0.15) is 42.4 Å². The van der Waals surface area contributed by atoms with Crippen LogP contribution < -0.4 is 4.74 Å². The van der Waals surface area contributed by atoms with Gasteiger partial charge < -0.3 is 9.64 Å². The second-order valence-electron chi connectivity index (χ2n) is 8.30. The van der Waals surface area contributed by atoms with Gasteiger partial charge in [-0.2, -0.15) is 0 Å². The van der Waals surface area contributed by atoms with Gasteiger partial charge in [-0.05, 0) is 68.2 Å². The van der Waals surface area contributed by atoms with Gasteiger partial charge in [-0.3, -0.25) is 9.69 Å². The zero-order valence-electron chi connectivity index (χ0n) is 15.8. The van der Waals surface area contributed by atoms with Gasteiger partial charge in [0.15, 0.2) is 0 Å². The van der Waals surface area contributed by atoms with E-state index in [4.69, 9.17) is 4.74 Å². The van der Waals surface area contributed by atoms with Crippen molar-refractivity contribution in [2.45, 2.75) is 52.1 Å². The molecule has 4 aliphatic rings. The van der Waals surface area contributed by atoms with Crippen LogP contribution in [0.2, 0.25) is 0 Å². The van der Waals surface area contributed by atoms with Gasteiger partial charge in [-0.1, -0.05) is 6.07 Å². The van der Waals surface area contributed by atoms with E-state index in [0.29, 0.717) is 11.9 Å². The maximum absolute atomic E-state index is 12.9. The van der Waals surface area contributed by atoms with Crippen LogP contribution in [0.3, 0.4) is 0 Å². The predicted molar refractivity (Wildman–Crippen MR) is 98.7 cm³/mol. The summed E-state index contributed by atoms with van der Waals surface area (Å²) >= 11 is 0. The number of aryl methyl sites for hydroxylation is 2. The lowest BCUT2D eigenvalue weighted by Crippen LogP contribution is -2.48. The third-order valence-electron chi connectivity index (χ3n) is 6.27. The zero-order valence-corrected chi connectivity index (χ0v) is 15.8. The molecule has 0 spiro atoms. The van der Waals surface area contributed by atoms with Crippen LogP contribution in [0.4, 0.5) is 0 Å². The topological polar surface area (TPSA) is 32.8 Å². The Labute approximate surface area is 151 Å². The molecule has 3 aliphatic heterocycles. The van der Waals surface area contributed by atoms with Crippen molar-refractivity contribution < 1.29 is 9.53 Å². The fourth-order valence-corrected chi connectivity index (χ4v) is 4.56. The second-order valence-corrected chi connectivity index (χ2v) is 8.30. The molecule has 1 aromatic carbocycles. The van der Waals surface area contributed by atoms with Gasteiger partial charge in [0.2, 0.25) is 5.91 Å². The summed E-state index contributed by atoms with van der Waals surface area (Å²) in [7, 11) is 1.73. The number of carbonyl (C=O) groups excluding carboxylic acids is 1. The Kier molecular flexibility index (Phi) is 4.48. The number of hydrogen-bond acceptors (Lipinski definition) is 3. The number of hydrogen-bond donors (Lipinski definition) is 0. The normalized spacial score (nSPS) is 26.8. The van der Waals surface area contributed by atoms with Gasteiger partial charge in [0.05, 0.1) is 13.0 Å². The standard InChI is InChI=1S/C21H30N2O2/c1-14-9-20(25-3)15(2)8-18(14)12-22-11-17-6-7-19(13-22)23(21(17)24)10-16-4-5-16/h8-9,16-17,19H,4-7,10-13H2,1-3H3/t17-,19+/m1/s1. The highest BCUT2D eigenvalue weighted by Gasteiger charge is 2.42. The van der Waals surface area contributed by atoms with E-state index in [2.05, 4.69) is 35.8 Å². The van der Waals surface area contributed by atoms with Crippen molar-refractivity contribution in [1.82, 2.24) is 9.80 Å². The van der Waals surface area contributed by atoms with E-state index in [1.807, 2.05) is 0 Å². The minimum Gasteiger partial charge on any atom is -0.496 e. The SMILES string of the molecule is COc1cc(C)c(CN2C[C@H]3CC[C@@H](C2)N(CC2CC2)C3=O)cc1C. The van der Waals surface area contributed by atoms with E-state index in [-0.39, 0.29) is 5.92 Å². The van der Waals surface area contributed by atoms with E-state index in [0.717, 1.165) is 44.3 Å². The average molecular weight is 342 g/mol. The molecule has 2 bridgehead atoms. The van der Waals surface area contributed by atoms with Gasteiger partial charge in [-0.25, -0.2) is 0 Å². The summed E-state index contributed by atoms with van der Waals surface area (Å²) in [6.07, 6.45) is 4.88. The highest BCUT2D eigenvalue weighted by Crippen LogP contribution is 2.36. The molecule has 136 valence electrons. The molecule has 4 nitrogen and oxygen atoms in total. The summed E-state index contributed by atoms with van der Waals surface area (Å²) in [6, 6.07) is 4.82. The predicted octanol–water partition coefficient (Wildman–Crippen LogP) is 3.14. The maximum atomic E-state index is 12.9. The van der Waals surface area contributed by atoms with Crippen LogP contribution in [0.25, 0.3) is 0 Å². The Hall–Kier alpha value is -1.55. The van der Waals surface area contributed by atoms with E-state index >= 15 is 0 Å². The van der Waals surface area contributed by atoms with Crippen molar-refractivity contribution in [3.63, 3.8) is 0 Å². The molecule has 3 heterocycles. The lowest BCUT2D eigenvalue weighted by atomic mass is 9.94. The number of carbonyl (C=O) groups is 1. The number of benzene rings is 1. The first kappa shape index (κ1) is 16.9. The third-order valence-corrected chi connectivity index (χ3v) is 6.27. The first-order valence-electron chi connectivity index (χ1n) is 9.72. The van der Waals surface area contributed by atoms with Gasteiger partial charge in [0.1, 0.15) is 5.75 Å². The van der Waals surface area contributed by atoms with Crippen molar-refractivity contribution in [3.8, 4) is 5.75 Å². The number of methoxy groups -OCH3 is 1. The molecule has 0 radical (unpaired) electrons. The van der Waals surface area contributed by atoms with Gasteiger partial charge in [0, 0.05) is 32.2 Å². The first-order valence-corrected chi connectivity index (χ1v) is 9.72. The molecule has 1 saturated carbocycles. The summed E-state index contributed by atoms with van der Waals surface area (Å²) in [5.74, 6) is 2.37. The van der Waals surface area contributed by atoms with Crippen LogP contribution in [0.5, 0.6) is 5.75 Å². The van der Waals surface area contributed by atoms with Crippen molar-refractivity contribution in [3.05, 3.63) is 28.8 Å². The van der Waals surface area contributed by atoms with Crippen LogP contribution in [-0.2, 0) is 11.3 Å². The number of rotatable bonds is 5. The van der Waals surface area contributed by atoms with Crippen LogP contribution >= 0.6 is 0 Å². The molecular formula is C21H30N2O2. The monoisotopic (exact) mass is 342 g/mol. The van der Waals surface area contributed by atoms with Crippen molar-refractivity contribution >= 4 is 5.91 Å². The molecule has 0 aromatic heterocycles. The fourth-order valence-electron chi connectivity index (χ4n) is 4.56. The molecule has 1 aromatic rings. The molecule has 25 heavy (non-hydrogen) atoms. The van der Waals surface area contributed by atoms with Gasteiger partial charge in [0.25, 0.3) is 0 Å². The molecule has 5 rings (SSSR count). The smallest absolute Gasteiger partial charge is 0.227 e. The van der Waals surface area contributed by atoms with Crippen LogP contribution in [0, 0.1) is 25.7 Å². The molecule has 2 atom stereocenters. The lowest BCUT2D eigenvalue weighted by Gasteiger charge is -2.36. The summed E-state index contributed by atoms with van der Waals surface area (Å²) < 4.78 is 5.44. The number of ether oxygens (including phenoxy) is 1. The molecule has 1 amide bonds. The summed E-state index contributed by atoms with van der Waals surface area (Å²) in [4.78, 5) is 17.6. The molecular weight excluding hydrogens is 312 g/mol. The van der Waals surface area contributed by atoms with Crippen LogP contribution in [0.15, 0.2) is 12.1 Å². The summed E-state index contributed by atoms with van der Waals surface area (Å²) in [5.41, 5.74) is 3.83. The van der Waals surface area contributed by atoms with Gasteiger partial charge in [-0.15, -0.1) is 0 Å². The van der Waals surface area contributed by atoms with Crippen molar-refractivity contribution in [2.24, 2.45) is 11.8 Å². The van der Waals surface area contributed by atoms with E-state index in [1.54, 1.807) is 7.11 Å². The third kappa shape index (κ3) is 3.41. The van der Waals surface area contributed by atoms with Gasteiger partial charge >= 0.3 is 0 Å². The number of amides is 1. The number of piperidine rings is 1. The van der Waals surface area contributed by atoms with E-state index < -0.39 is 0 Å². The average Bonchev–Trinajstić information content (AvgIpc) is 3.41. The molecule has 0 unspecified atom stereocenters. The fraction of sp³-hybridized carbons (Fsp3) is 0.667. The van der Waals surface area contributed by atoms with Crippen molar-refractivity contribution in [1.29, 1.82) is 0 Å². The van der Waals surface area contributed by atoms with E-state index in [1.165, 1.54) is 36.0 Å². The van der Waals surface area contributed by atoms with E-state index in [9.17, 15) is 4.79 Å².